The number of hydrogen-bond donors (Lipinski definition) is 0. The minimum absolute atomic E-state index is 0.0170. The van der Waals surface area contributed by atoms with Crippen molar-refractivity contribution >= 4 is 0 Å². The van der Waals surface area contributed by atoms with Crippen molar-refractivity contribution in [2.75, 3.05) is 13.2 Å². The Morgan fingerprint density at radius 2 is 1.90 bits per heavy atom. The highest BCUT2D eigenvalue weighted by Gasteiger charge is 2.13. The molecule has 1 unspecified atom stereocenters. The van der Waals surface area contributed by atoms with Crippen LogP contribution in [0.2, 0.25) is 0 Å². The SMILES string of the molecule is [2H]/C(C)=C([2H])/C([2H])=C(/[2H])CCCCCCCCOC1CCCCO1. The van der Waals surface area contributed by atoms with E-state index in [1.807, 2.05) is 0 Å². The molecule has 20 heavy (non-hydrogen) atoms. The first kappa shape index (κ1) is 12.0. The molecule has 1 heterocycles. The van der Waals surface area contributed by atoms with Crippen LogP contribution >= 0.6 is 0 Å². The van der Waals surface area contributed by atoms with Gasteiger partial charge in [0.25, 0.3) is 0 Å². The van der Waals surface area contributed by atoms with E-state index in [9.17, 15) is 0 Å². The molecule has 0 amide bonds. The lowest BCUT2D eigenvalue weighted by atomic mass is 10.1. The van der Waals surface area contributed by atoms with Gasteiger partial charge in [0.2, 0.25) is 0 Å². The van der Waals surface area contributed by atoms with Crippen LogP contribution in [-0.4, -0.2) is 19.5 Å². The van der Waals surface area contributed by atoms with Crippen molar-refractivity contribution in [3.63, 3.8) is 0 Å². The van der Waals surface area contributed by atoms with E-state index < -0.39 is 0 Å². The Morgan fingerprint density at radius 3 is 2.65 bits per heavy atom. The minimum Gasteiger partial charge on any atom is -0.353 e. The van der Waals surface area contributed by atoms with Gasteiger partial charge in [-0.3, -0.25) is 0 Å². The molecule has 1 aliphatic heterocycles. The third-order valence-corrected chi connectivity index (χ3v) is 3.41. The van der Waals surface area contributed by atoms with Crippen LogP contribution in [0.5, 0.6) is 0 Å². The lowest BCUT2D eigenvalue weighted by Crippen LogP contribution is -2.22. The molecule has 2 nitrogen and oxygen atoms in total. The van der Waals surface area contributed by atoms with Crippen molar-refractivity contribution in [2.45, 2.75) is 77.4 Å². The second-order valence-electron chi connectivity index (χ2n) is 5.22. The summed E-state index contributed by atoms with van der Waals surface area (Å²) < 4.78 is 41.6. The molecule has 2 heteroatoms. The number of ether oxygens (including phenoxy) is 2. The van der Waals surface area contributed by atoms with Crippen molar-refractivity contribution in [1.82, 2.24) is 0 Å². The standard InChI is InChI=1S/C18H32O2/c1-2-3-4-5-6-7-8-9-10-11-13-16-19-18-15-12-14-17-20-18/h2-5,18H,6-17H2,1H3/b3-2-,5-4-/i2D,3D,4D,5D. The lowest BCUT2D eigenvalue weighted by molar-refractivity contribution is -0.162. The Morgan fingerprint density at radius 1 is 1.10 bits per heavy atom. The van der Waals surface area contributed by atoms with Crippen LogP contribution in [0.3, 0.4) is 0 Å². The predicted molar refractivity (Wildman–Crippen MR) is 85.8 cm³/mol. The third-order valence-electron chi connectivity index (χ3n) is 3.41. The summed E-state index contributed by atoms with van der Waals surface area (Å²) in [4.78, 5) is 0. The van der Waals surface area contributed by atoms with Gasteiger partial charge in [-0.15, -0.1) is 0 Å². The second-order valence-corrected chi connectivity index (χ2v) is 5.22. The average molecular weight is 284 g/mol. The van der Waals surface area contributed by atoms with E-state index in [0.717, 1.165) is 64.6 Å². The van der Waals surface area contributed by atoms with Gasteiger partial charge < -0.3 is 9.47 Å². The number of hydrogen-bond acceptors (Lipinski definition) is 2. The maximum atomic E-state index is 7.80. The van der Waals surface area contributed by atoms with Crippen LogP contribution < -0.4 is 0 Å². The van der Waals surface area contributed by atoms with Gasteiger partial charge in [-0.05, 0) is 45.4 Å². The Bertz CT molecular complexity index is 411. The Hall–Kier alpha value is -0.600. The smallest absolute Gasteiger partial charge is 0.157 e. The minimum atomic E-state index is -0.137. The Balaban J connectivity index is 1.98. The summed E-state index contributed by atoms with van der Waals surface area (Å²) in [7, 11) is 0. The quantitative estimate of drug-likeness (QED) is 0.374. The van der Waals surface area contributed by atoms with Crippen molar-refractivity contribution < 1.29 is 15.0 Å². The van der Waals surface area contributed by atoms with Crippen LogP contribution in [0.4, 0.5) is 0 Å². The van der Waals surface area contributed by atoms with Gasteiger partial charge in [0.15, 0.2) is 6.29 Å². The molecule has 0 aliphatic carbocycles. The maximum absolute atomic E-state index is 7.80. The van der Waals surface area contributed by atoms with Gasteiger partial charge in [0.1, 0.15) is 0 Å². The highest BCUT2D eigenvalue weighted by atomic mass is 16.7. The summed E-state index contributed by atoms with van der Waals surface area (Å²) >= 11 is 0. The molecule has 1 saturated heterocycles. The molecule has 0 spiro atoms. The van der Waals surface area contributed by atoms with E-state index >= 15 is 0 Å². The first-order chi connectivity index (χ1) is 11.5. The summed E-state index contributed by atoms with van der Waals surface area (Å²) in [6.45, 7) is 3.09. The first-order valence-corrected chi connectivity index (χ1v) is 8.06. The normalized spacial score (nSPS) is 24.9. The molecule has 0 aromatic rings. The fourth-order valence-electron chi connectivity index (χ4n) is 2.25. The summed E-state index contributed by atoms with van der Waals surface area (Å²) in [5.74, 6) is 0. The van der Waals surface area contributed by atoms with Crippen LogP contribution in [0.15, 0.2) is 24.2 Å². The van der Waals surface area contributed by atoms with Gasteiger partial charge >= 0.3 is 0 Å². The van der Waals surface area contributed by atoms with Gasteiger partial charge in [-0.1, -0.05) is 49.9 Å². The zero-order valence-electron chi connectivity index (χ0n) is 16.9. The number of rotatable bonds is 11. The van der Waals surface area contributed by atoms with Gasteiger partial charge in [0, 0.05) is 13.2 Å². The van der Waals surface area contributed by atoms with Crippen LogP contribution in [0, 0.1) is 0 Å². The molecule has 0 aromatic heterocycles. The molecule has 0 saturated carbocycles. The molecule has 1 atom stereocenters. The molecular formula is C18H32O2. The van der Waals surface area contributed by atoms with Crippen LogP contribution in [0.1, 0.15) is 76.6 Å². The predicted octanol–water partition coefficient (Wildman–Crippen LogP) is 5.39. The van der Waals surface area contributed by atoms with Gasteiger partial charge in [-0.2, -0.15) is 0 Å². The molecule has 1 aliphatic rings. The fourth-order valence-corrected chi connectivity index (χ4v) is 2.25. The average Bonchev–Trinajstić information content (AvgIpc) is 2.59. The molecule has 1 rings (SSSR count). The van der Waals surface area contributed by atoms with E-state index in [1.165, 1.54) is 13.3 Å². The Kier molecular flexibility index (Phi) is 8.03. The topological polar surface area (TPSA) is 18.5 Å². The van der Waals surface area contributed by atoms with Crippen molar-refractivity contribution in [1.29, 1.82) is 0 Å². The second kappa shape index (κ2) is 13.4. The zero-order chi connectivity index (χ0) is 17.8. The molecule has 0 N–H and O–H groups in total. The lowest BCUT2D eigenvalue weighted by Gasteiger charge is -2.22. The van der Waals surface area contributed by atoms with E-state index in [-0.39, 0.29) is 30.5 Å². The van der Waals surface area contributed by atoms with Crippen molar-refractivity contribution in [3.8, 4) is 0 Å². The van der Waals surface area contributed by atoms with E-state index in [2.05, 4.69) is 0 Å². The van der Waals surface area contributed by atoms with Gasteiger partial charge in [-0.25, -0.2) is 0 Å². The monoisotopic (exact) mass is 284 g/mol. The van der Waals surface area contributed by atoms with Crippen molar-refractivity contribution in [2.24, 2.45) is 0 Å². The van der Waals surface area contributed by atoms with Crippen molar-refractivity contribution in [3.05, 3.63) is 24.2 Å². The molecular weight excluding hydrogens is 248 g/mol. The van der Waals surface area contributed by atoms with Crippen LogP contribution in [0.25, 0.3) is 0 Å². The van der Waals surface area contributed by atoms with Crippen LogP contribution in [-0.2, 0) is 9.47 Å². The molecule has 0 bridgehead atoms. The first-order valence-electron chi connectivity index (χ1n) is 10.1. The molecule has 1 fully saturated rings. The summed E-state index contributed by atoms with van der Waals surface area (Å²) in [6.07, 6.45) is 10.3. The number of unbranched alkanes of at least 4 members (excludes halogenated alkanes) is 5. The number of allylic oxidation sites excluding steroid dienone is 4. The highest BCUT2D eigenvalue weighted by molar-refractivity contribution is 5.00. The van der Waals surface area contributed by atoms with Gasteiger partial charge in [0.05, 0.1) is 5.48 Å². The summed E-state index contributed by atoms with van der Waals surface area (Å²) in [5.41, 5.74) is 0. The largest absolute Gasteiger partial charge is 0.353 e. The Labute approximate surface area is 130 Å². The van der Waals surface area contributed by atoms with E-state index in [0.29, 0.717) is 6.42 Å². The third kappa shape index (κ3) is 10.2. The van der Waals surface area contributed by atoms with E-state index in [1.54, 1.807) is 0 Å². The molecule has 116 valence electrons. The fraction of sp³-hybridized carbons (Fsp3) is 0.778. The van der Waals surface area contributed by atoms with E-state index in [4.69, 9.17) is 15.0 Å². The maximum Gasteiger partial charge on any atom is 0.157 e. The molecule has 0 radical (unpaired) electrons. The summed E-state index contributed by atoms with van der Waals surface area (Å²) in [6, 6.07) is -0.0235. The highest BCUT2D eigenvalue weighted by Crippen LogP contribution is 2.14. The zero-order valence-corrected chi connectivity index (χ0v) is 12.9. The molecule has 0 aromatic carbocycles. The summed E-state index contributed by atoms with van der Waals surface area (Å²) in [5, 5.41) is 0.